The summed E-state index contributed by atoms with van der Waals surface area (Å²) in [7, 11) is 1.45. The normalized spacial score (nSPS) is 22.4. The van der Waals surface area contributed by atoms with Gasteiger partial charge in [-0.05, 0) is 69.6 Å². The predicted octanol–water partition coefficient (Wildman–Crippen LogP) is 3.60. The maximum Gasteiger partial charge on any atom is 0.308 e. The molecule has 0 heterocycles. The van der Waals surface area contributed by atoms with Gasteiger partial charge in [0.05, 0.1) is 19.1 Å². The van der Waals surface area contributed by atoms with Crippen molar-refractivity contribution in [1.29, 1.82) is 0 Å². The van der Waals surface area contributed by atoms with Crippen LogP contribution < -0.4 is 5.32 Å². The lowest BCUT2D eigenvalue weighted by Crippen LogP contribution is -2.43. The van der Waals surface area contributed by atoms with E-state index in [0.717, 1.165) is 32.1 Å². The molecule has 2 rings (SSSR count). The summed E-state index contributed by atoms with van der Waals surface area (Å²) in [6.07, 6.45) is 4.08. The van der Waals surface area contributed by atoms with Gasteiger partial charge in [0.1, 0.15) is 5.82 Å². The second-order valence-electron chi connectivity index (χ2n) is 7.78. The molecule has 1 saturated carbocycles. The summed E-state index contributed by atoms with van der Waals surface area (Å²) in [6, 6.07) is 6.08. The number of hydrogen-bond donors (Lipinski definition) is 2. The Labute approximate surface area is 149 Å². The van der Waals surface area contributed by atoms with Crippen LogP contribution in [-0.2, 0) is 9.53 Å². The molecular formula is C20H30FNO3. The summed E-state index contributed by atoms with van der Waals surface area (Å²) >= 11 is 0. The summed E-state index contributed by atoms with van der Waals surface area (Å²) < 4.78 is 18.1. The van der Waals surface area contributed by atoms with Gasteiger partial charge < -0.3 is 15.2 Å². The van der Waals surface area contributed by atoms with Gasteiger partial charge in [-0.1, -0.05) is 12.1 Å². The largest absolute Gasteiger partial charge is 0.469 e. The van der Waals surface area contributed by atoms with Crippen LogP contribution in [0.2, 0.25) is 0 Å². The van der Waals surface area contributed by atoms with Crippen LogP contribution in [0.5, 0.6) is 0 Å². The molecule has 140 valence electrons. The van der Waals surface area contributed by atoms with Gasteiger partial charge in [0, 0.05) is 12.1 Å². The van der Waals surface area contributed by atoms with Crippen LogP contribution >= 0.6 is 0 Å². The molecule has 0 aliphatic heterocycles. The summed E-state index contributed by atoms with van der Waals surface area (Å²) in [5, 5.41) is 13.7. The fraction of sp³-hybridized carbons (Fsp3) is 0.650. The fourth-order valence-corrected chi connectivity index (χ4v) is 3.77. The van der Waals surface area contributed by atoms with Gasteiger partial charge in [-0.2, -0.15) is 0 Å². The van der Waals surface area contributed by atoms with E-state index in [0.29, 0.717) is 18.0 Å². The van der Waals surface area contributed by atoms with E-state index >= 15 is 0 Å². The van der Waals surface area contributed by atoms with Gasteiger partial charge >= 0.3 is 5.97 Å². The molecule has 2 N–H and O–H groups in total. The SMILES string of the molecule is COC(=O)C1CCC(CC(C)(C)NCC(O)c2cccc(F)c2)CC1. The van der Waals surface area contributed by atoms with E-state index in [1.807, 2.05) is 0 Å². The average molecular weight is 351 g/mol. The number of esters is 1. The van der Waals surface area contributed by atoms with Crippen molar-refractivity contribution in [2.75, 3.05) is 13.7 Å². The van der Waals surface area contributed by atoms with Crippen molar-refractivity contribution in [2.45, 2.75) is 57.6 Å². The molecule has 25 heavy (non-hydrogen) atoms. The van der Waals surface area contributed by atoms with Crippen molar-refractivity contribution in [3.63, 3.8) is 0 Å². The number of aliphatic hydroxyl groups is 1. The molecule has 4 nitrogen and oxygen atoms in total. The molecule has 1 aliphatic carbocycles. The second kappa shape index (κ2) is 8.77. The third-order valence-electron chi connectivity index (χ3n) is 5.19. The van der Waals surface area contributed by atoms with Crippen LogP contribution in [0.15, 0.2) is 24.3 Å². The Hall–Kier alpha value is -1.46. The number of rotatable bonds is 7. The van der Waals surface area contributed by atoms with E-state index in [9.17, 15) is 14.3 Å². The predicted molar refractivity (Wildman–Crippen MR) is 95.5 cm³/mol. The number of nitrogens with one attached hydrogen (secondary N) is 1. The monoisotopic (exact) mass is 351 g/mol. The first-order valence-electron chi connectivity index (χ1n) is 9.07. The minimum absolute atomic E-state index is 0.0483. The molecule has 1 fully saturated rings. The molecule has 0 bridgehead atoms. The van der Waals surface area contributed by atoms with Crippen molar-refractivity contribution in [2.24, 2.45) is 11.8 Å². The lowest BCUT2D eigenvalue weighted by atomic mass is 9.76. The van der Waals surface area contributed by atoms with E-state index in [2.05, 4.69) is 19.2 Å². The Bertz CT molecular complexity index is 568. The summed E-state index contributed by atoms with van der Waals surface area (Å²) in [6.45, 7) is 4.63. The van der Waals surface area contributed by atoms with Crippen LogP contribution in [0.3, 0.4) is 0 Å². The standard InChI is InChI=1S/C20H30FNO3/c1-20(2,12-14-7-9-15(10-8-14)19(24)25-3)22-13-18(23)16-5-4-6-17(21)11-16/h4-6,11,14-15,18,22-23H,7-10,12-13H2,1-3H3. The molecule has 1 aromatic carbocycles. The number of benzene rings is 1. The van der Waals surface area contributed by atoms with Gasteiger partial charge in [-0.15, -0.1) is 0 Å². The quantitative estimate of drug-likeness (QED) is 0.737. The third kappa shape index (κ3) is 6.08. The molecule has 1 aromatic rings. The van der Waals surface area contributed by atoms with Crippen LogP contribution in [-0.4, -0.2) is 30.3 Å². The first-order chi connectivity index (χ1) is 11.8. The molecule has 1 atom stereocenters. The van der Waals surface area contributed by atoms with Gasteiger partial charge in [0.25, 0.3) is 0 Å². The van der Waals surface area contributed by atoms with Crippen molar-refractivity contribution in [1.82, 2.24) is 5.32 Å². The van der Waals surface area contributed by atoms with Gasteiger partial charge in [0.2, 0.25) is 0 Å². The Morgan fingerprint density at radius 2 is 2.04 bits per heavy atom. The Balaban J connectivity index is 1.79. The number of aliphatic hydroxyl groups excluding tert-OH is 1. The number of ether oxygens (including phenoxy) is 1. The molecule has 0 spiro atoms. The van der Waals surface area contributed by atoms with E-state index in [1.54, 1.807) is 12.1 Å². The zero-order valence-electron chi connectivity index (χ0n) is 15.4. The zero-order valence-corrected chi connectivity index (χ0v) is 15.4. The number of β-amino-alcohol motifs (C(OH)–C–C–N with tert-alkyl or cyclic N) is 1. The molecular weight excluding hydrogens is 321 g/mol. The van der Waals surface area contributed by atoms with Crippen LogP contribution in [0.25, 0.3) is 0 Å². The van der Waals surface area contributed by atoms with Gasteiger partial charge in [-0.25, -0.2) is 4.39 Å². The van der Waals surface area contributed by atoms with Crippen LogP contribution in [0, 0.1) is 17.7 Å². The van der Waals surface area contributed by atoms with Crippen molar-refractivity contribution in [3.8, 4) is 0 Å². The fourth-order valence-electron chi connectivity index (χ4n) is 3.77. The minimum Gasteiger partial charge on any atom is -0.469 e. The number of carbonyl (C=O) groups excluding carboxylic acids is 1. The maximum atomic E-state index is 13.3. The van der Waals surface area contributed by atoms with Crippen LogP contribution in [0.4, 0.5) is 4.39 Å². The smallest absolute Gasteiger partial charge is 0.308 e. The topological polar surface area (TPSA) is 58.6 Å². The van der Waals surface area contributed by atoms with E-state index in [-0.39, 0.29) is 23.2 Å². The van der Waals surface area contributed by atoms with E-state index in [1.165, 1.54) is 19.2 Å². The van der Waals surface area contributed by atoms with Gasteiger partial charge in [-0.3, -0.25) is 4.79 Å². The second-order valence-corrected chi connectivity index (χ2v) is 7.78. The molecule has 0 amide bonds. The number of hydrogen-bond acceptors (Lipinski definition) is 4. The highest BCUT2D eigenvalue weighted by Crippen LogP contribution is 2.34. The van der Waals surface area contributed by atoms with Crippen molar-refractivity contribution in [3.05, 3.63) is 35.6 Å². The first kappa shape index (κ1) is 19.9. The van der Waals surface area contributed by atoms with Crippen molar-refractivity contribution < 1.29 is 19.0 Å². The lowest BCUT2D eigenvalue weighted by molar-refractivity contribution is -0.146. The molecule has 1 aliphatic rings. The maximum absolute atomic E-state index is 13.3. The summed E-state index contributed by atoms with van der Waals surface area (Å²) in [5.41, 5.74) is 0.457. The molecule has 5 heteroatoms. The minimum atomic E-state index is -0.731. The molecule has 0 radical (unpaired) electrons. The highest BCUT2D eigenvalue weighted by Gasteiger charge is 2.30. The summed E-state index contributed by atoms with van der Waals surface area (Å²) in [4.78, 5) is 11.6. The number of carbonyl (C=O) groups is 1. The highest BCUT2D eigenvalue weighted by molar-refractivity contribution is 5.72. The Morgan fingerprint density at radius 3 is 2.64 bits per heavy atom. The lowest BCUT2D eigenvalue weighted by Gasteiger charge is -2.35. The van der Waals surface area contributed by atoms with Gasteiger partial charge in [0.15, 0.2) is 0 Å². The molecule has 1 unspecified atom stereocenters. The molecule has 0 aromatic heterocycles. The molecule has 0 saturated heterocycles. The summed E-state index contributed by atoms with van der Waals surface area (Å²) in [5.74, 6) is 0.189. The highest BCUT2D eigenvalue weighted by atomic mass is 19.1. The third-order valence-corrected chi connectivity index (χ3v) is 5.19. The first-order valence-corrected chi connectivity index (χ1v) is 9.07. The Kier molecular flexibility index (Phi) is 6.96. The van der Waals surface area contributed by atoms with E-state index in [4.69, 9.17) is 4.74 Å². The van der Waals surface area contributed by atoms with E-state index < -0.39 is 6.10 Å². The van der Waals surface area contributed by atoms with Crippen molar-refractivity contribution >= 4 is 5.97 Å². The number of halogens is 1. The average Bonchev–Trinajstić information content (AvgIpc) is 2.59. The number of methoxy groups -OCH3 is 1. The Morgan fingerprint density at radius 1 is 1.36 bits per heavy atom. The van der Waals surface area contributed by atoms with Crippen LogP contribution in [0.1, 0.15) is 57.6 Å². The zero-order chi connectivity index (χ0) is 18.4.